The van der Waals surface area contributed by atoms with Crippen LogP contribution in [0, 0.1) is 10.1 Å². The van der Waals surface area contributed by atoms with Gasteiger partial charge in [-0.05, 0) is 18.6 Å². The Morgan fingerprint density at radius 3 is 2.68 bits per heavy atom. The summed E-state index contributed by atoms with van der Waals surface area (Å²) in [4.78, 5) is 37.7. The molecule has 22 heavy (non-hydrogen) atoms. The number of H-pyrrole nitrogens is 1. The van der Waals surface area contributed by atoms with Crippen LogP contribution in [-0.4, -0.2) is 27.3 Å². The molecular formula is C15H15N3O4. The molecule has 2 rings (SSSR count). The average molecular weight is 301 g/mol. The number of nitro benzene ring substituents is 1. The zero-order chi connectivity index (χ0) is 16.1. The molecule has 0 fully saturated rings. The van der Waals surface area contributed by atoms with Crippen LogP contribution in [0.2, 0.25) is 0 Å². The van der Waals surface area contributed by atoms with Crippen molar-refractivity contribution in [2.75, 3.05) is 6.54 Å². The lowest BCUT2D eigenvalue weighted by Crippen LogP contribution is -2.30. The van der Waals surface area contributed by atoms with E-state index in [2.05, 4.69) is 4.98 Å². The van der Waals surface area contributed by atoms with Crippen LogP contribution >= 0.6 is 0 Å². The van der Waals surface area contributed by atoms with E-state index in [1.807, 2.05) is 6.92 Å². The van der Waals surface area contributed by atoms with Crippen molar-refractivity contribution < 1.29 is 9.72 Å². The Hall–Kier alpha value is -2.96. The summed E-state index contributed by atoms with van der Waals surface area (Å²) in [5.41, 5.74) is 0.754. The molecule has 2 aromatic rings. The van der Waals surface area contributed by atoms with E-state index in [0.29, 0.717) is 17.7 Å². The second-order valence-corrected chi connectivity index (χ2v) is 4.69. The minimum Gasteiger partial charge on any atom is -0.335 e. The number of hydrogen-bond acceptors (Lipinski definition) is 4. The number of benzene rings is 1. The summed E-state index contributed by atoms with van der Waals surface area (Å²) in [7, 11) is 0. The Balaban J connectivity index is 2.20. The van der Waals surface area contributed by atoms with Crippen molar-refractivity contribution in [3.05, 3.63) is 74.2 Å². The van der Waals surface area contributed by atoms with Crippen LogP contribution in [0.1, 0.15) is 22.8 Å². The maximum absolute atomic E-state index is 12.4. The SMILES string of the molecule is CCN(Cc1cccc([N+](=O)[O-])c1)C(=O)c1ccc(=O)[nH]c1. The van der Waals surface area contributed by atoms with Crippen molar-refractivity contribution >= 4 is 11.6 Å². The molecule has 7 nitrogen and oxygen atoms in total. The fourth-order valence-corrected chi connectivity index (χ4v) is 2.04. The minimum absolute atomic E-state index is 0.00922. The number of nitrogens with one attached hydrogen (secondary N) is 1. The van der Waals surface area contributed by atoms with E-state index in [4.69, 9.17) is 0 Å². The minimum atomic E-state index is -0.469. The standard InChI is InChI=1S/C15H15N3O4/c1-2-17(15(20)12-6-7-14(19)16-9-12)10-11-4-3-5-13(8-11)18(21)22/h3-9H,2,10H2,1H3,(H,16,19). The summed E-state index contributed by atoms with van der Waals surface area (Å²) in [5.74, 6) is -0.245. The van der Waals surface area contributed by atoms with Crippen molar-refractivity contribution in [3.8, 4) is 0 Å². The highest BCUT2D eigenvalue weighted by Crippen LogP contribution is 2.15. The number of nitro groups is 1. The van der Waals surface area contributed by atoms with E-state index in [-0.39, 0.29) is 23.7 Å². The number of nitrogens with zero attached hydrogens (tertiary/aromatic N) is 2. The molecule has 0 aliphatic carbocycles. The molecule has 0 atom stereocenters. The van der Waals surface area contributed by atoms with E-state index >= 15 is 0 Å². The molecule has 0 unspecified atom stereocenters. The van der Waals surface area contributed by atoms with Gasteiger partial charge < -0.3 is 9.88 Å². The Kier molecular flexibility index (Phi) is 4.67. The summed E-state index contributed by atoms with van der Waals surface area (Å²) in [5, 5.41) is 10.8. The van der Waals surface area contributed by atoms with Gasteiger partial charge in [0.15, 0.2) is 0 Å². The first kappa shape index (κ1) is 15.4. The predicted octanol–water partition coefficient (Wildman–Crippen LogP) is 1.95. The number of carbonyl (C=O) groups is 1. The molecule has 1 aromatic carbocycles. The molecule has 0 saturated carbocycles. The molecular weight excluding hydrogens is 286 g/mol. The molecule has 0 aliphatic heterocycles. The molecule has 0 bridgehead atoms. The first-order chi connectivity index (χ1) is 10.5. The number of non-ortho nitro benzene ring substituents is 1. The predicted molar refractivity (Wildman–Crippen MR) is 80.6 cm³/mol. The van der Waals surface area contributed by atoms with Gasteiger partial charge in [0.1, 0.15) is 0 Å². The highest BCUT2D eigenvalue weighted by molar-refractivity contribution is 5.93. The lowest BCUT2D eigenvalue weighted by Gasteiger charge is -2.20. The number of carbonyl (C=O) groups excluding carboxylic acids is 1. The van der Waals surface area contributed by atoms with Crippen LogP contribution in [0.25, 0.3) is 0 Å². The fourth-order valence-electron chi connectivity index (χ4n) is 2.04. The van der Waals surface area contributed by atoms with E-state index < -0.39 is 4.92 Å². The highest BCUT2D eigenvalue weighted by Gasteiger charge is 2.16. The van der Waals surface area contributed by atoms with Crippen LogP contribution in [0.5, 0.6) is 0 Å². The number of hydrogen-bond donors (Lipinski definition) is 1. The molecule has 0 aliphatic rings. The molecule has 1 heterocycles. The number of pyridine rings is 1. The van der Waals surface area contributed by atoms with Crippen LogP contribution in [0.4, 0.5) is 5.69 Å². The van der Waals surface area contributed by atoms with E-state index in [1.165, 1.54) is 30.5 Å². The smallest absolute Gasteiger partial charge is 0.269 e. The lowest BCUT2D eigenvalue weighted by atomic mass is 10.1. The van der Waals surface area contributed by atoms with Gasteiger partial charge in [-0.25, -0.2) is 0 Å². The second-order valence-electron chi connectivity index (χ2n) is 4.69. The Morgan fingerprint density at radius 2 is 2.09 bits per heavy atom. The van der Waals surface area contributed by atoms with Gasteiger partial charge in [0, 0.05) is 37.5 Å². The topological polar surface area (TPSA) is 96.3 Å². The maximum Gasteiger partial charge on any atom is 0.269 e. The first-order valence-electron chi connectivity index (χ1n) is 6.72. The van der Waals surface area contributed by atoms with Crippen LogP contribution < -0.4 is 5.56 Å². The average Bonchev–Trinajstić information content (AvgIpc) is 2.53. The van der Waals surface area contributed by atoms with Crippen LogP contribution in [-0.2, 0) is 6.54 Å². The van der Waals surface area contributed by atoms with Crippen molar-refractivity contribution in [1.82, 2.24) is 9.88 Å². The Morgan fingerprint density at radius 1 is 1.32 bits per heavy atom. The number of rotatable bonds is 5. The van der Waals surface area contributed by atoms with E-state index in [9.17, 15) is 19.7 Å². The molecule has 0 radical (unpaired) electrons. The van der Waals surface area contributed by atoms with Gasteiger partial charge in [-0.1, -0.05) is 12.1 Å². The molecule has 1 N–H and O–H groups in total. The second kappa shape index (κ2) is 6.66. The highest BCUT2D eigenvalue weighted by atomic mass is 16.6. The first-order valence-corrected chi connectivity index (χ1v) is 6.72. The van der Waals surface area contributed by atoms with Gasteiger partial charge in [-0.15, -0.1) is 0 Å². The normalized spacial score (nSPS) is 10.2. The third-order valence-electron chi connectivity index (χ3n) is 3.19. The van der Waals surface area contributed by atoms with Crippen LogP contribution in [0.3, 0.4) is 0 Å². The molecule has 1 amide bonds. The quantitative estimate of drug-likeness (QED) is 0.674. The lowest BCUT2D eigenvalue weighted by molar-refractivity contribution is -0.384. The summed E-state index contributed by atoms with van der Waals surface area (Å²) in [6.07, 6.45) is 1.36. The molecule has 7 heteroatoms. The Labute approximate surface area is 126 Å². The fraction of sp³-hybridized carbons (Fsp3) is 0.200. The van der Waals surface area contributed by atoms with Gasteiger partial charge in [-0.3, -0.25) is 19.7 Å². The third kappa shape index (κ3) is 3.57. The third-order valence-corrected chi connectivity index (χ3v) is 3.19. The maximum atomic E-state index is 12.4. The summed E-state index contributed by atoms with van der Waals surface area (Å²) in [6, 6.07) is 8.92. The monoisotopic (exact) mass is 301 g/mol. The van der Waals surface area contributed by atoms with Crippen molar-refractivity contribution in [2.45, 2.75) is 13.5 Å². The van der Waals surface area contributed by atoms with Crippen LogP contribution in [0.15, 0.2) is 47.4 Å². The summed E-state index contributed by atoms with van der Waals surface area (Å²) >= 11 is 0. The van der Waals surface area contributed by atoms with Crippen molar-refractivity contribution in [2.24, 2.45) is 0 Å². The summed E-state index contributed by atoms with van der Waals surface area (Å²) in [6.45, 7) is 2.53. The Bertz CT molecular complexity index is 734. The molecule has 1 aromatic heterocycles. The summed E-state index contributed by atoms with van der Waals surface area (Å²) < 4.78 is 0. The molecule has 114 valence electrons. The van der Waals surface area contributed by atoms with E-state index in [1.54, 1.807) is 17.0 Å². The molecule has 0 saturated heterocycles. The van der Waals surface area contributed by atoms with Gasteiger partial charge in [0.2, 0.25) is 5.56 Å². The molecule has 0 spiro atoms. The van der Waals surface area contributed by atoms with Crippen molar-refractivity contribution in [3.63, 3.8) is 0 Å². The van der Waals surface area contributed by atoms with Gasteiger partial charge in [-0.2, -0.15) is 0 Å². The number of amides is 1. The zero-order valence-electron chi connectivity index (χ0n) is 12.0. The van der Waals surface area contributed by atoms with Gasteiger partial charge in [0.05, 0.1) is 10.5 Å². The van der Waals surface area contributed by atoms with Gasteiger partial charge >= 0.3 is 0 Å². The van der Waals surface area contributed by atoms with E-state index in [0.717, 1.165) is 0 Å². The zero-order valence-corrected chi connectivity index (χ0v) is 12.0. The van der Waals surface area contributed by atoms with Crippen molar-refractivity contribution in [1.29, 1.82) is 0 Å². The number of aromatic nitrogens is 1. The largest absolute Gasteiger partial charge is 0.335 e. The van der Waals surface area contributed by atoms with Gasteiger partial charge in [0.25, 0.3) is 11.6 Å². The number of aromatic amines is 1.